The third-order valence-corrected chi connectivity index (χ3v) is 5.09. The molecule has 31 heavy (non-hydrogen) atoms. The number of H-pyrrole nitrogens is 1. The number of furan rings is 1. The van der Waals surface area contributed by atoms with E-state index in [0.29, 0.717) is 24.6 Å². The molecule has 164 valence electrons. The number of nitrogens with zero attached hydrogens (tertiary/aromatic N) is 4. The van der Waals surface area contributed by atoms with Crippen molar-refractivity contribution in [2.45, 2.75) is 26.2 Å². The zero-order chi connectivity index (χ0) is 20.6. The van der Waals surface area contributed by atoms with E-state index < -0.39 is 0 Å². The second-order valence-electron chi connectivity index (χ2n) is 7.27. The molecule has 1 aliphatic rings. The number of likely N-dealkylation sites (tertiary alicyclic amines) is 1. The smallest absolute Gasteiger partial charge is 0.216 e. The third kappa shape index (κ3) is 6.43. The van der Waals surface area contributed by atoms with Gasteiger partial charge in [0, 0.05) is 32.6 Å². The summed E-state index contributed by atoms with van der Waals surface area (Å²) in [5, 5.41) is 10.6. The highest BCUT2D eigenvalue weighted by atomic mass is 127. The highest BCUT2D eigenvalue weighted by Crippen LogP contribution is 2.19. The summed E-state index contributed by atoms with van der Waals surface area (Å²) >= 11 is 0. The molecule has 4 rings (SSSR count). The predicted octanol–water partition coefficient (Wildman–Crippen LogP) is 4.37. The molecule has 1 saturated heterocycles. The van der Waals surface area contributed by atoms with E-state index >= 15 is 0 Å². The summed E-state index contributed by atoms with van der Waals surface area (Å²) in [6, 6.07) is 14.2. The number of benzene rings is 1. The molecule has 0 radical (unpaired) electrons. The van der Waals surface area contributed by atoms with E-state index in [-0.39, 0.29) is 24.0 Å². The van der Waals surface area contributed by atoms with Crippen molar-refractivity contribution in [2.75, 3.05) is 26.2 Å². The Morgan fingerprint density at radius 1 is 1.19 bits per heavy atom. The zero-order valence-electron chi connectivity index (χ0n) is 17.8. The summed E-state index contributed by atoms with van der Waals surface area (Å²) in [5.74, 6) is 3.04. The fourth-order valence-corrected chi connectivity index (χ4v) is 3.55. The summed E-state index contributed by atoms with van der Waals surface area (Å²) in [5.41, 5.74) is 2.78. The van der Waals surface area contributed by atoms with E-state index in [0.717, 1.165) is 44.3 Å². The molecule has 0 unspecified atom stereocenters. The minimum atomic E-state index is 0. The van der Waals surface area contributed by atoms with Gasteiger partial charge < -0.3 is 14.6 Å². The second-order valence-corrected chi connectivity index (χ2v) is 7.27. The molecule has 0 bridgehead atoms. The number of hydrogen-bond donors (Lipinski definition) is 2. The molecule has 3 heterocycles. The van der Waals surface area contributed by atoms with Crippen LogP contribution >= 0.6 is 24.0 Å². The van der Waals surface area contributed by atoms with Gasteiger partial charge in [-0.1, -0.05) is 42.0 Å². The lowest BCUT2D eigenvalue weighted by molar-refractivity contribution is 0.375. The van der Waals surface area contributed by atoms with E-state index in [4.69, 9.17) is 9.41 Å². The van der Waals surface area contributed by atoms with Crippen LogP contribution in [0.5, 0.6) is 0 Å². The minimum Gasteiger partial charge on any atom is -0.461 e. The Bertz CT molecular complexity index is 971. The van der Waals surface area contributed by atoms with Crippen molar-refractivity contribution >= 4 is 36.0 Å². The second kappa shape index (κ2) is 11.7. The molecule has 0 amide bonds. The maximum absolute atomic E-state index is 5.34. The minimum absolute atomic E-state index is 0. The lowest BCUT2D eigenvalue weighted by Gasteiger charge is -2.31. The van der Waals surface area contributed by atoms with Gasteiger partial charge in [0.05, 0.1) is 6.26 Å². The van der Waals surface area contributed by atoms with Crippen LogP contribution in [-0.2, 0) is 6.42 Å². The van der Waals surface area contributed by atoms with Gasteiger partial charge in [-0.15, -0.1) is 24.0 Å². The first-order valence-electron chi connectivity index (χ1n) is 10.5. The van der Waals surface area contributed by atoms with Crippen molar-refractivity contribution in [2.24, 2.45) is 4.99 Å². The number of piperidine rings is 1. The molecule has 1 aliphatic heterocycles. The number of rotatable bonds is 6. The fourth-order valence-electron chi connectivity index (χ4n) is 3.55. The maximum atomic E-state index is 5.34. The van der Waals surface area contributed by atoms with Gasteiger partial charge in [0.2, 0.25) is 5.82 Å². The van der Waals surface area contributed by atoms with Gasteiger partial charge in [0.25, 0.3) is 0 Å². The number of aliphatic imine (C=N–C) groups is 1. The van der Waals surface area contributed by atoms with E-state index in [2.05, 4.69) is 68.7 Å². The molecule has 1 aromatic carbocycles. The molecule has 0 spiro atoms. The summed E-state index contributed by atoms with van der Waals surface area (Å²) in [6.07, 6.45) is 6.77. The Kier molecular flexibility index (Phi) is 8.69. The summed E-state index contributed by atoms with van der Waals surface area (Å²) in [6.45, 7) is 5.57. The number of aromatic nitrogens is 3. The van der Waals surface area contributed by atoms with Gasteiger partial charge >= 0.3 is 0 Å². The first-order chi connectivity index (χ1) is 14.8. The van der Waals surface area contributed by atoms with Crippen LogP contribution in [0.2, 0.25) is 0 Å². The first kappa shape index (κ1) is 23.1. The number of guanidine groups is 1. The van der Waals surface area contributed by atoms with Gasteiger partial charge in [0.15, 0.2) is 11.7 Å². The average molecular weight is 532 g/mol. The topological polar surface area (TPSA) is 82.3 Å². The van der Waals surface area contributed by atoms with E-state index in [1.807, 2.05) is 12.1 Å². The number of hydrogen-bond acceptors (Lipinski definition) is 4. The number of aromatic amines is 1. The largest absolute Gasteiger partial charge is 0.461 e. The fraction of sp³-hybridized carbons (Fsp3) is 0.348. The van der Waals surface area contributed by atoms with Crippen LogP contribution < -0.4 is 5.32 Å². The van der Waals surface area contributed by atoms with Gasteiger partial charge in [-0.05, 0) is 37.5 Å². The van der Waals surface area contributed by atoms with Crippen molar-refractivity contribution in [3.63, 3.8) is 0 Å². The molecule has 8 heteroatoms. The molecule has 1 fully saturated rings. The lowest BCUT2D eigenvalue weighted by atomic mass is 10.0. The quantitative estimate of drug-likeness (QED) is 0.280. The molecule has 0 atom stereocenters. The maximum Gasteiger partial charge on any atom is 0.216 e. The highest BCUT2D eigenvalue weighted by molar-refractivity contribution is 14.0. The van der Waals surface area contributed by atoms with Crippen LogP contribution in [0.15, 0.2) is 63.7 Å². The van der Waals surface area contributed by atoms with Crippen molar-refractivity contribution in [3.05, 3.63) is 65.7 Å². The van der Waals surface area contributed by atoms with Crippen molar-refractivity contribution in [1.82, 2.24) is 25.4 Å². The van der Waals surface area contributed by atoms with Gasteiger partial charge in [-0.2, -0.15) is 5.10 Å². The van der Waals surface area contributed by atoms with Crippen LogP contribution in [0.4, 0.5) is 0 Å². The predicted molar refractivity (Wildman–Crippen MR) is 134 cm³/mol. The lowest BCUT2D eigenvalue weighted by Crippen LogP contribution is -2.44. The summed E-state index contributed by atoms with van der Waals surface area (Å²) in [7, 11) is 0. The number of halogens is 1. The van der Waals surface area contributed by atoms with Gasteiger partial charge in [-0.25, -0.2) is 4.98 Å². The molecule has 2 aromatic heterocycles. The number of nitrogens with one attached hydrogen (secondary N) is 2. The zero-order valence-corrected chi connectivity index (χ0v) is 20.1. The Hall–Kier alpha value is -2.62. The van der Waals surface area contributed by atoms with Crippen LogP contribution in [0.3, 0.4) is 0 Å². The molecular formula is C23H29IN6O. The molecule has 3 aromatic rings. The van der Waals surface area contributed by atoms with Crippen molar-refractivity contribution < 1.29 is 4.42 Å². The SMILES string of the molecule is CCNC(=NCCc1nc(-c2ccco2)n[nH]1)N1CCC(=Cc2ccccc2)CC1.I. The van der Waals surface area contributed by atoms with Crippen LogP contribution in [0, 0.1) is 0 Å². The molecule has 7 nitrogen and oxygen atoms in total. The average Bonchev–Trinajstić information content (AvgIpc) is 3.47. The molecule has 0 saturated carbocycles. The Labute approximate surface area is 200 Å². The van der Waals surface area contributed by atoms with Gasteiger partial charge in [-0.3, -0.25) is 10.1 Å². The third-order valence-electron chi connectivity index (χ3n) is 5.09. The van der Waals surface area contributed by atoms with Crippen LogP contribution in [0.25, 0.3) is 17.7 Å². The normalized spacial score (nSPS) is 14.3. The molecule has 2 N–H and O–H groups in total. The van der Waals surface area contributed by atoms with E-state index in [9.17, 15) is 0 Å². The Balaban J connectivity index is 0.00000272. The van der Waals surface area contributed by atoms with E-state index in [1.165, 1.54) is 11.1 Å². The standard InChI is InChI=1S/C23H28N6O.HI/c1-2-24-23(25-13-10-21-26-22(28-27-21)20-9-6-16-30-20)29-14-11-19(12-15-29)17-18-7-4-3-5-8-18;/h3-9,16-17H,2,10-15H2,1H3,(H,24,25)(H,26,27,28);1H. The Morgan fingerprint density at radius 3 is 2.71 bits per heavy atom. The monoisotopic (exact) mass is 532 g/mol. The molecule has 0 aliphatic carbocycles. The highest BCUT2D eigenvalue weighted by Gasteiger charge is 2.17. The Morgan fingerprint density at radius 2 is 2.00 bits per heavy atom. The van der Waals surface area contributed by atoms with Crippen LogP contribution in [0.1, 0.15) is 31.2 Å². The van der Waals surface area contributed by atoms with Crippen molar-refractivity contribution in [1.29, 1.82) is 0 Å². The first-order valence-corrected chi connectivity index (χ1v) is 10.5. The summed E-state index contributed by atoms with van der Waals surface area (Å²) in [4.78, 5) is 11.6. The van der Waals surface area contributed by atoms with Gasteiger partial charge in [0.1, 0.15) is 5.82 Å². The van der Waals surface area contributed by atoms with E-state index in [1.54, 1.807) is 6.26 Å². The van der Waals surface area contributed by atoms with Crippen LogP contribution in [-0.4, -0.2) is 52.2 Å². The summed E-state index contributed by atoms with van der Waals surface area (Å²) < 4.78 is 5.34. The molecular weight excluding hydrogens is 503 g/mol. The van der Waals surface area contributed by atoms with Crippen molar-refractivity contribution in [3.8, 4) is 11.6 Å².